The topological polar surface area (TPSA) is 221 Å². The van der Waals surface area contributed by atoms with E-state index in [1.54, 1.807) is 6.92 Å². The summed E-state index contributed by atoms with van der Waals surface area (Å²) in [5.41, 5.74) is 0. The summed E-state index contributed by atoms with van der Waals surface area (Å²) in [6.07, 6.45) is -0.951. The van der Waals surface area contributed by atoms with Gasteiger partial charge >= 0.3 is 17.9 Å². The van der Waals surface area contributed by atoms with Crippen molar-refractivity contribution in [3.63, 3.8) is 0 Å². The first-order chi connectivity index (χ1) is 19.4. The number of aliphatic hydroxyl groups is 1. The number of nitrogens with zero attached hydrogens (tertiary/aromatic N) is 2. The van der Waals surface area contributed by atoms with Crippen molar-refractivity contribution in [1.29, 1.82) is 0 Å². The van der Waals surface area contributed by atoms with Crippen LogP contribution in [0.4, 0.5) is 0 Å². The average molecular weight is 581 g/mol. The quantitative estimate of drug-likeness (QED) is 0.158. The molecule has 0 aromatic rings. The molecule has 222 valence electrons. The highest BCUT2D eigenvalue weighted by molar-refractivity contribution is 6.03. The van der Waals surface area contributed by atoms with Gasteiger partial charge in [-0.1, -0.05) is 6.92 Å². The van der Waals surface area contributed by atoms with Gasteiger partial charge in [0.2, 0.25) is 5.91 Å². The van der Waals surface area contributed by atoms with Crippen molar-refractivity contribution in [2.24, 2.45) is 5.92 Å². The first-order valence-corrected chi connectivity index (χ1v) is 12.3. The maximum Gasteiger partial charge on any atom is 0.357 e. The number of esters is 1. The Labute approximate surface area is 231 Å². The van der Waals surface area contributed by atoms with Crippen LogP contribution >= 0.6 is 0 Å². The minimum Gasteiger partial charge on any atom is -0.460 e. The molecule has 41 heavy (non-hydrogen) atoms. The third-order valence-corrected chi connectivity index (χ3v) is 6.13. The molecule has 3 saturated heterocycles. The lowest BCUT2D eigenvalue weighted by molar-refractivity contribution is -0.247. The van der Waals surface area contributed by atoms with E-state index in [9.17, 15) is 43.5 Å². The van der Waals surface area contributed by atoms with Crippen LogP contribution in [0.2, 0.25) is 0 Å². The Kier molecular flexibility index (Phi) is 10.4. The van der Waals surface area contributed by atoms with Gasteiger partial charge in [-0.2, -0.15) is 0 Å². The van der Waals surface area contributed by atoms with Crippen LogP contribution < -0.4 is 5.32 Å². The molecule has 0 radical (unpaired) electrons. The molecule has 0 spiro atoms. The third-order valence-electron chi connectivity index (χ3n) is 6.13. The molecule has 3 aliphatic rings. The zero-order chi connectivity index (χ0) is 30.3. The highest BCUT2D eigenvalue weighted by atomic mass is 16.7. The van der Waals surface area contributed by atoms with Gasteiger partial charge in [0.1, 0.15) is 12.6 Å². The van der Waals surface area contributed by atoms with Crippen LogP contribution in [0.1, 0.15) is 32.6 Å². The highest BCUT2D eigenvalue weighted by Gasteiger charge is 2.44. The molecular formula is C24H27N3O14. The number of carbonyl (C=O) groups is 8. The predicted molar refractivity (Wildman–Crippen MR) is 126 cm³/mol. The Balaban J connectivity index is 1.47. The molecule has 3 aliphatic heterocycles. The Morgan fingerprint density at radius 3 is 1.80 bits per heavy atom. The number of amides is 5. The van der Waals surface area contributed by atoms with E-state index in [0.29, 0.717) is 28.4 Å². The number of hydroxylamine groups is 4. The molecule has 3 rings (SSSR count). The van der Waals surface area contributed by atoms with Gasteiger partial charge in [-0.25, -0.2) is 14.4 Å². The number of ether oxygens (including phenoxy) is 3. The summed E-state index contributed by atoms with van der Waals surface area (Å²) in [6, 6.07) is -1.12. The lowest BCUT2D eigenvalue weighted by atomic mass is 9.89. The molecule has 0 bridgehead atoms. The van der Waals surface area contributed by atoms with Crippen molar-refractivity contribution < 1.29 is 67.3 Å². The van der Waals surface area contributed by atoms with Crippen LogP contribution in [0.25, 0.3) is 0 Å². The molecule has 3 heterocycles. The van der Waals surface area contributed by atoms with Crippen LogP contribution in [0, 0.1) is 5.92 Å². The summed E-state index contributed by atoms with van der Waals surface area (Å²) in [6.45, 7) is 1.16. The molecular weight excluding hydrogens is 554 g/mol. The van der Waals surface area contributed by atoms with Crippen molar-refractivity contribution >= 4 is 47.4 Å². The van der Waals surface area contributed by atoms with E-state index in [0.717, 1.165) is 6.08 Å². The number of hydrogen-bond donors (Lipinski definition) is 2. The van der Waals surface area contributed by atoms with Crippen LogP contribution in [-0.4, -0.2) is 101 Å². The molecule has 5 unspecified atom stereocenters. The number of carbonyl (C=O) groups excluding carboxylic acids is 8. The molecule has 0 saturated carbocycles. The SMILES string of the molecule is COC1OC(COC(=O)/C=C/C(=O)ON2C(=O)CCC2=O)C(C)C(O)C1NC(=O)/C=C/C(=O)ON1C(=O)CCC1=O. The Bertz CT molecular complexity index is 1140. The van der Waals surface area contributed by atoms with Crippen molar-refractivity contribution in [3.8, 4) is 0 Å². The molecule has 17 nitrogen and oxygen atoms in total. The highest BCUT2D eigenvalue weighted by Crippen LogP contribution is 2.27. The zero-order valence-corrected chi connectivity index (χ0v) is 21.9. The fraction of sp³-hybridized carbons (Fsp3) is 0.500. The zero-order valence-electron chi connectivity index (χ0n) is 21.9. The van der Waals surface area contributed by atoms with E-state index < -0.39 is 77.9 Å². The number of nitrogens with one attached hydrogen (secondary N) is 1. The summed E-state index contributed by atoms with van der Waals surface area (Å²) < 4.78 is 15.9. The van der Waals surface area contributed by atoms with Crippen molar-refractivity contribution in [3.05, 3.63) is 24.3 Å². The standard InChI is InChI=1S/C24H27N3O14/c1-12-13(11-38-19(33)9-10-21(35)41-27-17(31)6-7-18(27)32)39-24(37-2)22(23(12)36)25-14(28)3-8-20(34)40-26-15(29)4-5-16(26)30/h3,8-10,12-13,22-24,36H,4-7,11H2,1-2H3,(H,25,28)/b8-3+,10-9+. The minimum absolute atomic E-state index is 0.0904. The molecule has 0 aromatic carbocycles. The molecule has 2 N–H and O–H groups in total. The second-order valence-corrected chi connectivity index (χ2v) is 8.94. The Morgan fingerprint density at radius 1 is 0.854 bits per heavy atom. The summed E-state index contributed by atoms with van der Waals surface area (Å²) in [4.78, 5) is 103. The molecule has 0 aliphatic carbocycles. The van der Waals surface area contributed by atoms with Gasteiger partial charge in [0.15, 0.2) is 6.29 Å². The first kappa shape index (κ1) is 31.1. The average Bonchev–Trinajstić information content (AvgIpc) is 3.43. The molecule has 3 fully saturated rings. The smallest absolute Gasteiger partial charge is 0.357 e. The largest absolute Gasteiger partial charge is 0.460 e. The van der Waals surface area contributed by atoms with E-state index in [4.69, 9.17) is 14.2 Å². The molecule has 5 atom stereocenters. The predicted octanol–water partition coefficient (Wildman–Crippen LogP) is -2.29. The second kappa shape index (κ2) is 13.7. The minimum atomic E-state index is -1.28. The van der Waals surface area contributed by atoms with Gasteiger partial charge in [-0.15, -0.1) is 10.1 Å². The van der Waals surface area contributed by atoms with Crippen LogP contribution in [0.5, 0.6) is 0 Å². The van der Waals surface area contributed by atoms with Crippen LogP contribution in [0.3, 0.4) is 0 Å². The van der Waals surface area contributed by atoms with Crippen LogP contribution in [-0.2, 0) is 62.2 Å². The van der Waals surface area contributed by atoms with E-state index >= 15 is 0 Å². The normalized spacial score (nSPS) is 26.7. The maximum atomic E-state index is 12.3. The summed E-state index contributed by atoms with van der Waals surface area (Å²) >= 11 is 0. The van der Waals surface area contributed by atoms with Gasteiger partial charge in [0.05, 0.1) is 12.2 Å². The first-order valence-electron chi connectivity index (χ1n) is 12.3. The van der Waals surface area contributed by atoms with E-state index in [1.165, 1.54) is 7.11 Å². The fourth-order valence-electron chi connectivity index (χ4n) is 3.90. The number of hydrogen-bond acceptors (Lipinski definition) is 14. The molecule has 17 heteroatoms. The van der Waals surface area contributed by atoms with E-state index in [1.807, 2.05) is 0 Å². The number of aliphatic hydroxyl groups excluding tert-OH is 1. The second-order valence-electron chi connectivity index (χ2n) is 8.94. The van der Waals surface area contributed by atoms with Gasteiger partial charge in [0, 0.05) is 63.0 Å². The molecule has 0 aromatic heterocycles. The summed E-state index contributed by atoms with van der Waals surface area (Å²) in [5, 5.41) is 13.8. The molecule has 5 amide bonds. The van der Waals surface area contributed by atoms with E-state index in [-0.39, 0.29) is 32.3 Å². The van der Waals surface area contributed by atoms with Crippen molar-refractivity contribution in [2.45, 2.75) is 57.1 Å². The number of methoxy groups -OCH3 is 1. The fourth-order valence-corrected chi connectivity index (χ4v) is 3.90. The van der Waals surface area contributed by atoms with E-state index in [2.05, 4.69) is 15.0 Å². The number of imide groups is 2. The van der Waals surface area contributed by atoms with Crippen molar-refractivity contribution in [2.75, 3.05) is 13.7 Å². The maximum absolute atomic E-state index is 12.3. The van der Waals surface area contributed by atoms with Crippen LogP contribution in [0.15, 0.2) is 24.3 Å². The van der Waals surface area contributed by atoms with Gasteiger partial charge in [0.25, 0.3) is 23.6 Å². The lowest BCUT2D eigenvalue weighted by Crippen LogP contribution is -2.61. The summed E-state index contributed by atoms with van der Waals surface area (Å²) in [5.74, 6) is -7.62. The summed E-state index contributed by atoms with van der Waals surface area (Å²) in [7, 11) is 1.23. The Morgan fingerprint density at radius 2 is 1.32 bits per heavy atom. The Hall–Kier alpha value is -4.48. The van der Waals surface area contributed by atoms with Gasteiger partial charge in [-0.05, 0) is 0 Å². The monoisotopic (exact) mass is 581 g/mol. The number of rotatable bonds is 10. The lowest BCUT2D eigenvalue weighted by Gasteiger charge is -2.42. The van der Waals surface area contributed by atoms with Gasteiger partial charge in [-0.3, -0.25) is 24.0 Å². The third kappa shape index (κ3) is 8.03. The van der Waals surface area contributed by atoms with Crippen molar-refractivity contribution in [1.82, 2.24) is 15.4 Å². The van der Waals surface area contributed by atoms with Gasteiger partial charge < -0.3 is 34.3 Å².